The van der Waals surface area contributed by atoms with E-state index in [1.807, 2.05) is 103 Å². The van der Waals surface area contributed by atoms with Gasteiger partial charge in [0.15, 0.2) is 6.10 Å². The number of hydrogen-bond acceptors (Lipinski definition) is 8. The summed E-state index contributed by atoms with van der Waals surface area (Å²) in [6.07, 6.45) is 4.39. The summed E-state index contributed by atoms with van der Waals surface area (Å²) in [4.78, 5) is 0. The van der Waals surface area contributed by atoms with Crippen molar-refractivity contribution in [2.45, 2.75) is 54.6 Å². The fraction of sp³-hybridized carbons (Fsp3) is 0.211. The Morgan fingerprint density at radius 2 is 0.938 bits per heavy atom. The summed E-state index contributed by atoms with van der Waals surface area (Å²) in [5.74, 6) is 7.07. The Hall–Kier alpha value is -4.66. The monoisotopic (exact) mass is 684 g/mol. The molecule has 0 heterocycles. The highest BCUT2D eigenvalue weighted by Crippen LogP contribution is 2.55. The fourth-order valence-electron chi connectivity index (χ4n) is 4.94. The third-order valence-corrected chi connectivity index (χ3v) is 10.0. The second kappa shape index (κ2) is 14.6. The summed E-state index contributed by atoms with van der Waals surface area (Å²) in [5, 5.41) is 0. The molecule has 0 saturated carbocycles. The summed E-state index contributed by atoms with van der Waals surface area (Å²) in [6, 6.07) is 22.8. The van der Waals surface area contributed by atoms with Crippen molar-refractivity contribution in [2.75, 3.05) is 0 Å². The Morgan fingerprint density at radius 3 is 1.40 bits per heavy atom. The van der Waals surface area contributed by atoms with Gasteiger partial charge in [0.25, 0.3) is 0 Å². The smallest absolute Gasteiger partial charge is 0.395 e. The predicted molar refractivity (Wildman–Crippen MR) is 188 cm³/mol. The van der Waals surface area contributed by atoms with Gasteiger partial charge in [0.2, 0.25) is 0 Å². The quantitative estimate of drug-likeness (QED) is 0.108. The van der Waals surface area contributed by atoms with E-state index in [0.29, 0.717) is 17.2 Å². The average Bonchev–Trinajstić information content (AvgIpc) is 3.22. The lowest BCUT2D eigenvalue weighted by molar-refractivity contribution is 0.195. The largest absolute Gasteiger partial charge is 0.647 e. The highest BCUT2D eigenvalue weighted by Gasteiger charge is 2.38. The number of hydrogen-bond donors (Lipinski definition) is 0. The Labute approximate surface area is 282 Å². The maximum Gasteiger partial charge on any atom is 0.647 e. The first kappa shape index (κ1) is 34.7. The number of para-hydroxylation sites is 3. The number of benzene rings is 4. The number of allylic oxidation sites excluding steroid dienone is 3. The third kappa shape index (κ3) is 8.43. The predicted octanol–water partition coefficient (Wildman–Crippen LogP) is 10.7. The number of phosphoric ester groups is 2. The zero-order chi connectivity index (χ0) is 34.5. The normalized spacial score (nSPS) is 15.2. The molecule has 48 heavy (non-hydrogen) atoms. The van der Waals surface area contributed by atoms with Crippen LogP contribution in [-0.4, -0.2) is 6.10 Å². The maximum atomic E-state index is 14.5. The second-order valence-electron chi connectivity index (χ2n) is 11.5. The van der Waals surface area contributed by atoms with Crippen molar-refractivity contribution in [1.29, 1.82) is 0 Å². The van der Waals surface area contributed by atoms with E-state index in [-0.39, 0.29) is 11.5 Å². The first-order valence-electron chi connectivity index (χ1n) is 15.3. The number of phosphoric acid groups is 2. The Bertz CT molecular complexity index is 1940. The molecule has 0 amide bonds. The minimum Gasteiger partial charge on any atom is -0.395 e. The molecule has 4 aromatic rings. The van der Waals surface area contributed by atoms with E-state index in [2.05, 4.69) is 11.8 Å². The molecule has 2 atom stereocenters. The van der Waals surface area contributed by atoms with Gasteiger partial charge in [-0.25, -0.2) is 9.09 Å². The minimum absolute atomic E-state index is 0.0640. The van der Waals surface area contributed by atoms with Crippen molar-refractivity contribution in [3.63, 3.8) is 0 Å². The van der Waals surface area contributed by atoms with Gasteiger partial charge >= 0.3 is 15.6 Å². The lowest BCUT2D eigenvalue weighted by atomic mass is 10.1. The van der Waals surface area contributed by atoms with Gasteiger partial charge in [-0.15, -0.1) is 0 Å². The molecule has 0 aliphatic heterocycles. The summed E-state index contributed by atoms with van der Waals surface area (Å²) >= 11 is 0. The molecule has 0 fully saturated rings. The molecule has 10 heteroatoms. The second-order valence-corrected chi connectivity index (χ2v) is 14.4. The molecule has 8 nitrogen and oxygen atoms in total. The average molecular weight is 685 g/mol. The van der Waals surface area contributed by atoms with Crippen LogP contribution in [0.3, 0.4) is 0 Å². The van der Waals surface area contributed by atoms with Crippen LogP contribution in [0.4, 0.5) is 0 Å². The Morgan fingerprint density at radius 1 is 0.542 bits per heavy atom. The third-order valence-electron chi connectivity index (χ3n) is 7.48. The molecule has 0 aromatic heterocycles. The van der Waals surface area contributed by atoms with Gasteiger partial charge in [-0.1, -0.05) is 84.7 Å². The molecule has 4 aromatic carbocycles. The maximum absolute atomic E-state index is 14.5. The van der Waals surface area contributed by atoms with Crippen molar-refractivity contribution in [3.05, 3.63) is 136 Å². The van der Waals surface area contributed by atoms with Crippen LogP contribution in [-0.2, 0) is 13.7 Å². The number of rotatable bonds is 12. The van der Waals surface area contributed by atoms with Gasteiger partial charge in [0.1, 0.15) is 28.7 Å². The van der Waals surface area contributed by atoms with Gasteiger partial charge in [0, 0.05) is 6.07 Å². The van der Waals surface area contributed by atoms with Crippen LogP contribution in [0.15, 0.2) is 103 Å². The van der Waals surface area contributed by atoms with Gasteiger partial charge in [-0.3, -0.25) is 0 Å². The highest BCUT2D eigenvalue weighted by molar-refractivity contribution is 7.50. The van der Waals surface area contributed by atoms with Gasteiger partial charge in [-0.05, 0) is 106 Å². The lowest BCUT2D eigenvalue weighted by Gasteiger charge is -2.24. The Balaban J connectivity index is 1.50. The molecular formula is C38H38O8P2. The molecule has 1 aliphatic rings. The lowest BCUT2D eigenvalue weighted by Crippen LogP contribution is -2.16. The van der Waals surface area contributed by atoms with Crippen molar-refractivity contribution >= 4 is 15.6 Å². The first-order chi connectivity index (χ1) is 22.8. The van der Waals surface area contributed by atoms with Gasteiger partial charge in [-0.2, -0.15) is 4.57 Å². The molecule has 0 bridgehead atoms. The van der Waals surface area contributed by atoms with Crippen molar-refractivity contribution in [3.8, 4) is 40.6 Å². The van der Waals surface area contributed by atoms with E-state index in [4.69, 9.17) is 27.1 Å². The van der Waals surface area contributed by atoms with E-state index < -0.39 is 21.7 Å². The molecule has 0 N–H and O–H groups in total. The van der Waals surface area contributed by atoms with Crippen LogP contribution in [0, 0.1) is 53.4 Å². The summed E-state index contributed by atoms with van der Waals surface area (Å²) < 4.78 is 65.4. The van der Waals surface area contributed by atoms with E-state index in [0.717, 1.165) is 39.0 Å². The SMILES string of the molecule is CC1=CC=CC#CC1OP(=O)(Oc1cccc(OP(=O)(Oc2c(C)cccc2C)Oc2c(C)cccc2C)c1)Oc1c(C)cccc1C. The molecule has 0 spiro atoms. The first-order valence-corrected chi connectivity index (χ1v) is 18.3. The molecule has 1 aliphatic carbocycles. The van der Waals surface area contributed by atoms with Crippen LogP contribution in [0.25, 0.3) is 0 Å². The van der Waals surface area contributed by atoms with E-state index in [1.54, 1.807) is 36.4 Å². The van der Waals surface area contributed by atoms with Crippen LogP contribution in [0.2, 0.25) is 0 Å². The fourth-order valence-corrected chi connectivity index (χ4v) is 7.93. The Kier molecular flexibility index (Phi) is 10.6. The molecular weight excluding hydrogens is 646 g/mol. The summed E-state index contributed by atoms with van der Waals surface area (Å²) in [7, 11) is -8.80. The standard InChI is InChI=1S/C38H38O8P2/c1-26-15-9-8-10-24-35(26)43-47(39,44-36-27(2)16-11-17-28(36)3)41-33-22-14-23-34(25-33)42-48(40,45-37-29(4)18-12-19-30(37)5)46-38-31(6)20-13-21-32(38)7/h8-9,11-23,25,35H,1-7H3. The molecule has 2 unspecified atom stereocenters. The zero-order valence-corrected chi connectivity index (χ0v) is 29.8. The van der Waals surface area contributed by atoms with Crippen LogP contribution in [0.5, 0.6) is 28.7 Å². The van der Waals surface area contributed by atoms with Gasteiger partial charge in [0.05, 0.1) is 0 Å². The van der Waals surface area contributed by atoms with Crippen LogP contribution < -0.4 is 22.6 Å². The molecule has 0 radical (unpaired) electrons. The van der Waals surface area contributed by atoms with Crippen LogP contribution >= 0.6 is 15.6 Å². The zero-order valence-electron chi connectivity index (χ0n) is 28.0. The molecule has 5 rings (SSSR count). The molecule has 248 valence electrons. The van der Waals surface area contributed by atoms with E-state index in [1.165, 1.54) is 6.07 Å². The van der Waals surface area contributed by atoms with Crippen molar-refractivity contribution in [1.82, 2.24) is 0 Å². The van der Waals surface area contributed by atoms with E-state index in [9.17, 15) is 9.13 Å². The van der Waals surface area contributed by atoms with Crippen molar-refractivity contribution < 1.29 is 36.3 Å². The number of aryl methyl sites for hydroxylation is 6. The summed E-state index contributed by atoms with van der Waals surface area (Å²) in [6.45, 7) is 12.9. The van der Waals surface area contributed by atoms with Gasteiger partial charge < -0.3 is 22.6 Å². The topological polar surface area (TPSA) is 89.5 Å². The van der Waals surface area contributed by atoms with Crippen LogP contribution in [0.1, 0.15) is 40.3 Å². The molecule has 0 saturated heterocycles. The summed E-state index contributed by atoms with van der Waals surface area (Å²) in [5.41, 5.74) is 5.22. The minimum atomic E-state index is -4.41. The van der Waals surface area contributed by atoms with E-state index >= 15 is 0 Å². The highest BCUT2D eigenvalue weighted by atomic mass is 31.2. The van der Waals surface area contributed by atoms with Crippen molar-refractivity contribution in [2.24, 2.45) is 0 Å².